The van der Waals surface area contributed by atoms with Gasteiger partial charge in [-0.1, -0.05) is 5.16 Å². The van der Waals surface area contributed by atoms with Crippen molar-refractivity contribution in [2.24, 2.45) is 0 Å². The molecule has 1 aromatic rings. The summed E-state index contributed by atoms with van der Waals surface area (Å²) >= 11 is 0. The van der Waals surface area contributed by atoms with Crippen molar-refractivity contribution >= 4 is 0 Å². The summed E-state index contributed by atoms with van der Waals surface area (Å²) in [6.45, 7) is 9.73. The molecule has 18 heavy (non-hydrogen) atoms. The quantitative estimate of drug-likeness (QED) is 0.896. The highest BCUT2D eigenvalue weighted by molar-refractivity contribution is 5.00. The maximum absolute atomic E-state index is 5.80. The Morgan fingerprint density at radius 3 is 2.72 bits per heavy atom. The molecule has 2 heterocycles. The fraction of sp³-hybridized carbons (Fsp3) is 0.846. The van der Waals surface area contributed by atoms with Crippen LogP contribution in [0.5, 0.6) is 0 Å². The number of hydrogen-bond donors (Lipinski definition) is 1. The van der Waals surface area contributed by atoms with Gasteiger partial charge in [-0.15, -0.1) is 0 Å². The van der Waals surface area contributed by atoms with Crippen LogP contribution in [0.1, 0.15) is 58.7 Å². The van der Waals surface area contributed by atoms with Crippen molar-refractivity contribution in [3.8, 4) is 0 Å². The first-order valence-electron chi connectivity index (χ1n) is 6.61. The van der Waals surface area contributed by atoms with E-state index in [0.717, 1.165) is 25.9 Å². The van der Waals surface area contributed by atoms with Gasteiger partial charge in [0.1, 0.15) is 5.60 Å². The van der Waals surface area contributed by atoms with Crippen LogP contribution in [0.2, 0.25) is 0 Å². The first-order valence-corrected chi connectivity index (χ1v) is 6.61. The van der Waals surface area contributed by atoms with Crippen LogP contribution in [0.4, 0.5) is 0 Å². The summed E-state index contributed by atoms with van der Waals surface area (Å²) < 4.78 is 11.1. The van der Waals surface area contributed by atoms with E-state index >= 15 is 0 Å². The zero-order valence-electron chi connectivity index (χ0n) is 11.7. The fourth-order valence-corrected chi connectivity index (χ4v) is 1.99. The van der Waals surface area contributed by atoms with Crippen LogP contribution < -0.4 is 5.32 Å². The monoisotopic (exact) mass is 253 g/mol. The molecule has 1 aliphatic rings. The van der Waals surface area contributed by atoms with Crippen molar-refractivity contribution in [3.05, 3.63) is 11.7 Å². The predicted molar refractivity (Wildman–Crippen MR) is 68.0 cm³/mol. The molecule has 0 aromatic carbocycles. The smallest absolute Gasteiger partial charge is 0.240 e. The van der Waals surface area contributed by atoms with E-state index in [1.165, 1.54) is 0 Å². The van der Waals surface area contributed by atoms with Crippen molar-refractivity contribution in [1.29, 1.82) is 0 Å². The van der Waals surface area contributed by atoms with E-state index in [9.17, 15) is 0 Å². The highest BCUT2D eigenvalue weighted by Crippen LogP contribution is 2.32. The highest BCUT2D eigenvalue weighted by atomic mass is 16.5. The molecule has 5 nitrogen and oxygen atoms in total. The van der Waals surface area contributed by atoms with Gasteiger partial charge in [0.25, 0.3) is 0 Å². The molecule has 1 atom stereocenters. The van der Waals surface area contributed by atoms with E-state index in [4.69, 9.17) is 9.26 Å². The lowest BCUT2D eigenvalue weighted by atomic mass is 9.95. The lowest BCUT2D eigenvalue weighted by molar-refractivity contribution is -0.0770. The van der Waals surface area contributed by atoms with Gasteiger partial charge in [-0.25, -0.2) is 0 Å². The second kappa shape index (κ2) is 4.97. The number of nitrogens with zero attached hydrogens (tertiary/aromatic N) is 2. The zero-order chi connectivity index (χ0) is 13.2. The fourth-order valence-electron chi connectivity index (χ4n) is 1.99. The van der Waals surface area contributed by atoms with Crippen molar-refractivity contribution in [2.45, 2.75) is 64.6 Å². The van der Waals surface area contributed by atoms with Crippen molar-refractivity contribution in [2.75, 3.05) is 6.61 Å². The van der Waals surface area contributed by atoms with Crippen molar-refractivity contribution in [3.63, 3.8) is 0 Å². The van der Waals surface area contributed by atoms with E-state index in [1.807, 2.05) is 6.92 Å². The summed E-state index contributed by atoms with van der Waals surface area (Å²) in [5.74, 6) is 1.29. The van der Waals surface area contributed by atoms with Crippen LogP contribution in [-0.4, -0.2) is 22.3 Å². The molecule has 0 saturated carbocycles. The molecule has 0 aliphatic carbocycles. The van der Waals surface area contributed by atoms with Crippen molar-refractivity contribution < 1.29 is 9.26 Å². The summed E-state index contributed by atoms with van der Waals surface area (Å²) in [6.07, 6.45) is 3.23. The molecule has 0 bridgehead atoms. The Kier molecular flexibility index (Phi) is 3.73. The van der Waals surface area contributed by atoms with Crippen molar-refractivity contribution in [1.82, 2.24) is 15.5 Å². The molecule has 1 N–H and O–H groups in total. The molecule has 5 heteroatoms. The molecule has 102 valence electrons. The van der Waals surface area contributed by atoms with Gasteiger partial charge in [0.05, 0.1) is 6.54 Å². The second-order valence-electron chi connectivity index (χ2n) is 6.15. The molecular formula is C13H23N3O2. The first-order chi connectivity index (χ1) is 8.39. The van der Waals surface area contributed by atoms with Gasteiger partial charge in [0, 0.05) is 12.1 Å². The van der Waals surface area contributed by atoms with Crippen LogP contribution in [0.25, 0.3) is 0 Å². The average molecular weight is 253 g/mol. The zero-order valence-corrected chi connectivity index (χ0v) is 11.7. The second-order valence-corrected chi connectivity index (χ2v) is 6.15. The van der Waals surface area contributed by atoms with Gasteiger partial charge in [-0.3, -0.25) is 0 Å². The summed E-state index contributed by atoms with van der Waals surface area (Å²) in [6, 6.07) is 0. The molecule has 0 amide bonds. The minimum atomic E-state index is -0.373. The third-order valence-electron chi connectivity index (χ3n) is 3.18. The standard InChI is InChI=1S/C13H23N3O2/c1-12(2,3)14-9-10-15-11(16-18-10)13(4)7-5-6-8-17-13/h14H,5-9H2,1-4H3. The van der Waals surface area contributed by atoms with Gasteiger partial charge < -0.3 is 14.6 Å². The third kappa shape index (κ3) is 3.29. The summed E-state index contributed by atoms with van der Waals surface area (Å²) in [5, 5.41) is 7.39. The number of aromatic nitrogens is 2. The topological polar surface area (TPSA) is 60.2 Å². The molecule has 1 saturated heterocycles. The molecule has 2 rings (SSSR count). The van der Waals surface area contributed by atoms with E-state index in [2.05, 4.69) is 36.2 Å². The molecular weight excluding hydrogens is 230 g/mol. The SMILES string of the molecule is CC(C)(C)NCc1nc(C2(C)CCCCO2)no1. The van der Waals surface area contributed by atoms with Gasteiger partial charge in [0.15, 0.2) is 0 Å². The van der Waals surface area contributed by atoms with Gasteiger partial charge in [-0.05, 0) is 47.0 Å². The van der Waals surface area contributed by atoms with Crippen LogP contribution in [0.15, 0.2) is 4.52 Å². The van der Waals surface area contributed by atoms with E-state index in [0.29, 0.717) is 18.3 Å². The molecule has 1 aliphatic heterocycles. The van der Waals surface area contributed by atoms with Crippen LogP contribution in [-0.2, 0) is 16.9 Å². The van der Waals surface area contributed by atoms with Crippen LogP contribution in [0, 0.1) is 0 Å². The van der Waals surface area contributed by atoms with E-state index in [1.54, 1.807) is 0 Å². The summed E-state index contributed by atoms with van der Waals surface area (Å²) in [7, 11) is 0. The normalized spacial score (nSPS) is 25.3. The molecule has 0 spiro atoms. The minimum Gasteiger partial charge on any atom is -0.367 e. The number of nitrogens with one attached hydrogen (secondary N) is 1. The highest BCUT2D eigenvalue weighted by Gasteiger charge is 2.34. The number of hydrogen-bond acceptors (Lipinski definition) is 5. The predicted octanol–water partition coefficient (Wildman–Crippen LogP) is 2.37. The lowest BCUT2D eigenvalue weighted by Gasteiger charge is -2.30. The maximum Gasteiger partial charge on any atom is 0.240 e. The Morgan fingerprint density at radius 2 is 2.11 bits per heavy atom. The maximum atomic E-state index is 5.80. The molecule has 1 aromatic heterocycles. The number of rotatable bonds is 3. The lowest BCUT2D eigenvalue weighted by Crippen LogP contribution is -2.35. The summed E-state index contributed by atoms with van der Waals surface area (Å²) in [4.78, 5) is 4.44. The van der Waals surface area contributed by atoms with Gasteiger partial charge in [-0.2, -0.15) is 4.98 Å². The Hall–Kier alpha value is -0.940. The van der Waals surface area contributed by atoms with Gasteiger partial charge in [0.2, 0.25) is 11.7 Å². The number of ether oxygens (including phenoxy) is 1. The van der Waals surface area contributed by atoms with E-state index < -0.39 is 0 Å². The Bertz CT molecular complexity index is 389. The van der Waals surface area contributed by atoms with Gasteiger partial charge >= 0.3 is 0 Å². The third-order valence-corrected chi connectivity index (χ3v) is 3.18. The Labute approximate surface area is 108 Å². The largest absolute Gasteiger partial charge is 0.367 e. The van der Waals surface area contributed by atoms with E-state index in [-0.39, 0.29) is 11.1 Å². The van der Waals surface area contributed by atoms with Crippen LogP contribution in [0.3, 0.4) is 0 Å². The first kappa shape index (κ1) is 13.5. The van der Waals surface area contributed by atoms with Crippen LogP contribution >= 0.6 is 0 Å². The molecule has 0 radical (unpaired) electrons. The average Bonchev–Trinajstić information content (AvgIpc) is 2.76. The Morgan fingerprint density at radius 1 is 1.33 bits per heavy atom. The summed E-state index contributed by atoms with van der Waals surface area (Å²) in [5.41, 5.74) is -0.332. The minimum absolute atomic E-state index is 0.0415. The molecule has 1 unspecified atom stereocenters. The molecule has 1 fully saturated rings. The Balaban J connectivity index is 2.01.